The minimum absolute atomic E-state index is 0.609. The topological polar surface area (TPSA) is 30.8 Å². The van der Waals surface area contributed by atoms with E-state index in [1.807, 2.05) is 50.4 Å². The first kappa shape index (κ1) is 16.1. The molecule has 0 aliphatic heterocycles. The Morgan fingerprint density at radius 1 is 0.955 bits per heavy atom. The van der Waals surface area contributed by atoms with Crippen LogP contribution in [0.15, 0.2) is 41.4 Å². The van der Waals surface area contributed by atoms with Crippen molar-refractivity contribution in [3.63, 3.8) is 0 Å². The van der Waals surface area contributed by atoms with E-state index in [-0.39, 0.29) is 0 Å². The normalized spacial score (nSPS) is 10.9. The van der Waals surface area contributed by atoms with Crippen LogP contribution < -0.4 is 9.47 Å². The summed E-state index contributed by atoms with van der Waals surface area (Å²) in [7, 11) is 0. The summed E-state index contributed by atoms with van der Waals surface area (Å²) >= 11 is 0. The van der Waals surface area contributed by atoms with Crippen molar-refractivity contribution in [3.05, 3.63) is 53.1 Å². The highest BCUT2D eigenvalue weighted by Crippen LogP contribution is 2.28. The third-order valence-electron chi connectivity index (χ3n) is 3.50. The minimum atomic E-state index is 0.609. The summed E-state index contributed by atoms with van der Waals surface area (Å²) in [6.45, 7) is 9.34. The van der Waals surface area contributed by atoms with Gasteiger partial charge >= 0.3 is 0 Å². The van der Waals surface area contributed by atoms with Crippen LogP contribution in [0.1, 0.15) is 30.5 Å². The Labute approximate surface area is 132 Å². The van der Waals surface area contributed by atoms with Crippen molar-refractivity contribution >= 4 is 11.9 Å². The zero-order valence-corrected chi connectivity index (χ0v) is 13.7. The van der Waals surface area contributed by atoms with Crippen molar-refractivity contribution in [1.82, 2.24) is 0 Å². The lowest BCUT2D eigenvalue weighted by Gasteiger charge is -2.11. The molecule has 0 heterocycles. The summed E-state index contributed by atoms with van der Waals surface area (Å²) in [5.74, 6) is 1.53. The van der Waals surface area contributed by atoms with Gasteiger partial charge in [-0.05, 0) is 68.7 Å². The maximum Gasteiger partial charge on any atom is 0.161 e. The van der Waals surface area contributed by atoms with E-state index in [0.29, 0.717) is 13.2 Å². The van der Waals surface area contributed by atoms with Gasteiger partial charge in [0.05, 0.1) is 18.9 Å². The summed E-state index contributed by atoms with van der Waals surface area (Å²) in [5, 5.41) is 0. The van der Waals surface area contributed by atoms with Gasteiger partial charge in [-0.1, -0.05) is 12.1 Å². The molecule has 3 heteroatoms. The first-order chi connectivity index (χ1) is 10.7. The van der Waals surface area contributed by atoms with Crippen LogP contribution in [-0.4, -0.2) is 19.4 Å². The van der Waals surface area contributed by atoms with E-state index in [2.05, 4.69) is 24.9 Å². The fraction of sp³-hybridized carbons (Fsp3) is 0.316. The van der Waals surface area contributed by atoms with Crippen molar-refractivity contribution < 1.29 is 9.47 Å². The Kier molecular flexibility index (Phi) is 5.59. The molecule has 0 aromatic heterocycles. The molecule has 0 aliphatic rings. The lowest BCUT2D eigenvalue weighted by Crippen LogP contribution is -1.99. The number of ether oxygens (including phenoxy) is 2. The molecule has 0 spiro atoms. The predicted octanol–water partition coefficient (Wildman–Crippen LogP) is 4.85. The first-order valence-electron chi connectivity index (χ1n) is 7.65. The molecule has 0 bridgehead atoms. The van der Waals surface area contributed by atoms with Crippen molar-refractivity contribution in [2.75, 3.05) is 13.2 Å². The Balaban J connectivity index is 2.27. The summed E-state index contributed by atoms with van der Waals surface area (Å²) in [6.07, 6.45) is 1.86. The second kappa shape index (κ2) is 7.64. The van der Waals surface area contributed by atoms with E-state index in [0.717, 1.165) is 22.7 Å². The van der Waals surface area contributed by atoms with E-state index >= 15 is 0 Å². The lowest BCUT2D eigenvalue weighted by molar-refractivity contribution is 0.288. The maximum absolute atomic E-state index is 5.64. The standard InChI is InChI=1S/C19H23NO2/c1-5-21-18-11-10-16(12-19(18)22-6-2)13-20-17-9-7-8-14(3)15(17)4/h7-13H,5-6H2,1-4H3. The quantitative estimate of drug-likeness (QED) is 0.713. The highest BCUT2D eigenvalue weighted by Gasteiger charge is 2.05. The Morgan fingerprint density at radius 2 is 1.68 bits per heavy atom. The van der Waals surface area contributed by atoms with Crippen LogP contribution in [0.25, 0.3) is 0 Å². The molecular formula is C19H23NO2. The van der Waals surface area contributed by atoms with Crippen molar-refractivity contribution in [2.45, 2.75) is 27.7 Å². The molecule has 2 aromatic rings. The number of hydrogen-bond acceptors (Lipinski definition) is 3. The lowest BCUT2D eigenvalue weighted by atomic mass is 10.1. The van der Waals surface area contributed by atoms with Crippen molar-refractivity contribution in [2.24, 2.45) is 4.99 Å². The molecule has 0 N–H and O–H groups in total. The van der Waals surface area contributed by atoms with Gasteiger partial charge < -0.3 is 9.47 Å². The number of rotatable bonds is 6. The van der Waals surface area contributed by atoms with Gasteiger partial charge in [0.15, 0.2) is 11.5 Å². The number of aryl methyl sites for hydroxylation is 1. The monoisotopic (exact) mass is 297 g/mol. The third kappa shape index (κ3) is 3.88. The third-order valence-corrected chi connectivity index (χ3v) is 3.50. The van der Waals surface area contributed by atoms with Gasteiger partial charge in [0.25, 0.3) is 0 Å². The van der Waals surface area contributed by atoms with Gasteiger partial charge in [0.1, 0.15) is 0 Å². The van der Waals surface area contributed by atoms with Gasteiger partial charge in [-0.15, -0.1) is 0 Å². The molecule has 0 saturated heterocycles. The van der Waals surface area contributed by atoms with Crippen LogP contribution in [0, 0.1) is 13.8 Å². The molecule has 0 radical (unpaired) electrons. The molecule has 0 unspecified atom stereocenters. The van der Waals surface area contributed by atoms with Crippen LogP contribution in [0.2, 0.25) is 0 Å². The van der Waals surface area contributed by atoms with Crippen molar-refractivity contribution in [1.29, 1.82) is 0 Å². The number of aliphatic imine (C=N–C) groups is 1. The van der Waals surface area contributed by atoms with E-state index in [1.165, 1.54) is 11.1 Å². The zero-order valence-electron chi connectivity index (χ0n) is 13.7. The van der Waals surface area contributed by atoms with Crippen LogP contribution >= 0.6 is 0 Å². The summed E-state index contributed by atoms with van der Waals surface area (Å²) < 4.78 is 11.2. The molecule has 2 rings (SSSR count). The smallest absolute Gasteiger partial charge is 0.161 e. The average Bonchev–Trinajstić information content (AvgIpc) is 2.51. The fourth-order valence-electron chi connectivity index (χ4n) is 2.17. The highest BCUT2D eigenvalue weighted by atomic mass is 16.5. The number of hydrogen-bond donors (Lipinski definition) is 0. The molecule has 3 nitrogen and oxygen atoms in total. The number of nitrogens with zero attached hydrogens (tertiary/aromatic N) is 1. The Morgan fingerprint density at radius 3 is 2.41 bits per heavy atom. The maximum atomic E-state index is 5.64. The van der Waals surface area contributed by atoms with Gasteiger partial charge in [-0.25, -0.2) is 0 Å². The molecule has 0 fully saturated rings. The van der Waals surface area contributed by atoms with Crippen LogP contribution in [0.3, 0.4) is 0 Å². The SMILES string of the molecule is CCOc1ccc(C=Nc2cccc(C)c2C)cc1OCC. The fourth-order valence-corrected chi connectivity index (χ4v) is 2.17. The van der Waals surface area contributed by atoms with E-state index in [4.69, 9.17) is 9.47 Å². The van der Waals surface area contributed by atoms with Crippen LogP contribution in [-0.2, 0) is 0 Å². The Hall–Kier alpha value is -2.29. The van der Waals surface area contributed by atoms with Crippen LogP contribution in [0.5, 0.6) is 11.5 Å². The average molecular weight is 297 g/mol. The largest absolute Gasteiger partial charge is 0.490 e. The van der Waals surface area contributed by atoms with Crippen LogP contribution in [0.4, 0.5) is 5.69 Å². The van der Waals surface area contributed by atoms with Gasteiger partial charge in [-0.2, -0.15) is 0 Å². The second-order valence-electron chi connectivity index (χ2n) is 5.05. The summed E-state index contributed by atoms with van der Waals surface area (Å²) in [6, 6.07) is 12.0. The second-order valence-corrected chi connectivity index (χ2v) is 5.05. The Bertz CT molecular complexity index is 662. The van der Waals surface area contributed by atoms with E-state index in [1.54, 1.807) is 0 Å². The van der Waals surface area contributed by atoms with Gasteiger partial charge in [0, 0.05) is 6.21 Å². The molecule has 0 aliphatic carbocycles. The zero-order chi connectivity index (χ0) is 15.9. The summed E-state index contributed by atoms with van der Waals surface area (Å²) in [4.78, 5) is 4.59. The molecule has 22 heavy (non-hydrogen) atoms. The summed E-state index contributed by atoms with van der Waals surface area (Å²) in [5.41, 5.74) is 4.44. The first-order valence-corrected chi connectivity index (χ1v) is 7.65. The molecular weight excluding hydrogens is 274 g/mol. The minimum Gasteiger partial charge on any atom is -0.490 e. The molecule has 0 atom stereocenters. The van der Waals surface area contributed by atoms with E-state index in [9.17, 15) is 0 Å². The molecule has 0 amide bonds. The predicted molar refractivity (Wildman–Crippen MR) is 92.0 cm³/mol. The van der Waals surface area contributed by atoms with E-state index < -0.39 is 0 Å². The molecule has 0 saturated carbocycles. The highest BCUT2D eigenvalue weighted by molar-refractivity contribution is 5.83. The number of benzene rings is 2. The molecule has 116 valence electrons. The molecule has 2 aromatic carbocycles. The van der Waals surface area contributed by atoms with Gasteiger partial charge in [0.2, 0.25) is 0 Å². The van der Waals surface area contributed by atoms with Crippen molar-refractivity contribution in [3.8, 4) is 11.5 Å². The van der Waals surface area contributed by atoms with Gasteiger partial charge in [-0.3, -0.25) is 4.99 Å².